The fourth-order valence-corrected chi connectivity index (χ4v) is 3.59. The molecular formula is C23H27N5O3. The van der Waals surface area contributed by atoms with Gasteiger partial charge in [0.15, 0.2) is 0 Å². The van der Waals surface area contributed by atoms with E-state index in [9.17, 15) is 14.7 Å². The van der Waals surface area contributed by atoms with Gasteiger partial charge in [0.25, 0.3) is 0 Å². The summed E-state index contributed by atoms with van der Waals surface area (Å²) in [5.74, 6) is -0.703. The Labute approximate surface area is 181 Å². The maximum atomic E-state index is 12.8. The van der Waals surface area contributed by atoms with E-state index in [0.29, 0.717) is 18.7 Å². The van der Waals surface area contributed by atoms with Crippen LogP contribution in [-0.2, 0) is 16.1 Å². The van der Waals surface area contributed by atoms with Crippen LogP contribution in [0.5, 0.6) is 0 Å². The first-order valence-electron chi connectivity index (χ1n) is 10.5. The Bertz CT molecular complexity index is 1010. The van der Waals surface area contributed by atoms with Crippen LogP contribution in [0.2, 0.25) is 0 Å². The van der Waals surface area contributed by atoms with Crippen molar-refractivity contribution in [3.63, 3.8) is 0 Å². The second kappa shape index (κ2) is 10.5. The summed E-state index contributed by atoms with van der Waals surface area (Å²) in [6.07, 6.45) is 2.27. The van der Waals surface area contributed by atoms with Crippen molar-refractivity contribution in [2.45, 2.75) is 52.1 Å². The molecule has 1 aromatic heterocycles. The molecule has 0 saturated heterocycles. The van der Waals surface area contributed by atoms with Gasteiger partial charge in [0.2, 0.25) is 11.7 Å². The first kappa shape index (κ1) is 22.1. The molecule has 0 aliphatic rings. The number of amides is 1. The van der Waals surface area contributed by atoms with Gasteiger partial charge < -0.3 is 10.0 Å². The summed E-state index contributed by atoms with van der Waals surface area (Å²) >= 11 is 0. The zero-order valence-electron chi connectivity index (χ0n) is 17.8. The zero-order valence-corrected chi connectivity index (χ0v) is 17.8. The van der Waals surface area contributed by atoms with Crippen LogP contribution in [0.4, 0.5) is 0 Å². The quantitative estimate of drug-likeness (QED) is 0.513. The van der Waals surface area contributed by atoms with E-state index < -0.39 is 12.0 Å². The molecule has 8 nitrogen and oxygen atoms in total. The smallest absolute Gasteiger partial charge is 0.326 e. The van der Waals surface area contributed by atoms with E-state index in [0.717, 1.165) is 35.1 Å². The fourth-order valence-electron chi connectivity index (χ4n) is 3.59. The molecule has 0 aliphatic heterocycles. The molecule has 1 heterocycles. The number of aromatic nitrogens is 4. The number of aliphatic carboxylic acids is 1. The van der Waals surface area contributed by atoms with Crippen LogP contribution < -0.4 is 0 Å². The first-order valence-corrected chi connectivity index (χ1v) is 10.5. The van der Waals surface area contributed by atoms with Crippen molar-refractivity contribution in [2.75, 3.05) is 0 Å². The Kier molecular flexibility index (Phi) is 7.48. The minimum absolute atomic E-state index is 0.149. The van der Waals surface area contributed by atoms with Gasteiger partial charge in [0, 0.05) is 18.5 Å². The van der Waals surface area contributed by atoms with Gasteiger partial charge in [-0.25, -0.2) is 4.79 Å². The van der Waals surface area contributed by atoms with Gasteiger partial charge in [0.05, 0.1) is 0 Å². The van der Waals surface area contributed by atoms with Gasteiger partial charge in [-0.05, 0) is 40.8 Å². The van der Waals surface area contributed by atoms with Crippen molar-refractivity contribution in [3.05, 3.63) is 54.1 Å². The van der Waals surface area contributed by atoms with Crippen molar-refractivity contribution in [1.29, 1.82) is 0 Å². The van der Waals surface area contributed by atoms with E-state index in [1.165, 1.54) is 4.90 Å². The van der Waals surface area contributed by atoms with Crippen LogP contribution >= 0.6 is 0 Å². The number of carboxylic acids is 1. The maximum Gasteiger partial charge on any atom is 0.326 e. The highest BCUT2D eigenvalue weighted by Gasteiger charge is 2.28. The van der Waals surface area contributed by atoms with Crippen LogP contribution in [0.1, 0.15) is 45.1 Å². The number of tetrazole rings is 1. The third-order valence-corrected chi connectivity index (χ3v) is 5.22. The lowest BCUT2D eigenvalue weighted by Gasteiger charge is -2.29. The largest absolute Gasteiger partial charge is 0.480 e. The van der Waals surface area contributed by atoms with Gasteiger partial charge in [-0.3, -0.25) is 4.79 Å². The van der Waals surface area contributed by atoms with Crippen molar-refractivity contribution in [2.24, 2.45) is 0 Å². The summed E-state index contributed by atoms with van der Waals surface area (Å²) in [7, 11) is 0. The van der Waals surface area contributed by atoms with Crippen molar-refractivity contribution < 1.29 is 14.7 Å². The average molecular weight is 422 g/mol. The Morgan fingerprint density at radius 1 is 1.10 bits per heavy atom. The molecule has 8 heteroatoms. The van der Waals surface area contributed by atoms with Gasteiger partial charge in [-0.15, -0.1) is 10.2 Å². The minimum Gasteiger partial charge on any atom is -0.480 e. The number of unbranched alkanes of at least 4 members (excludes halogenated alkanes) is 1. The van der Waals surface area contributed by atoms with E-state index in [2.05, 4.69) is 20.6 Å². The van der Waals surface area contributed by atoms with Gasteiger partial charge >= 0.3 is 5.97 Å². The molecule has 3 aromatic rings. The van der Waals surface area contributed by atoms with Crippen LogP contribution in [-0.4, -0.2) is 48.5 Å². The standard InChI is InChI=1S/C23H27N5O3/c1-3-5-11-21(29)28(20(4-2)23(30)31)15-16-12-13-18(17-9-7-6-8-10-17)19(14-16)22-24-26-27-25-22/h6-10,12-14,20H,3-5,11,15H2,1-2H3,(H,30,31)(H,24,25,26,27). The third-order valence-electron chi connectivity index (χ3n) is 5.22. The monoisotopic (exact) mass is 421 g/mol. The first-order chi connectivity index (χ1) is 15.0. The number of H-pyrrole nitrogens is 1. The van der Waals surface area contributed by atoms with Crippen molar-refractivity contribution in [3.8, 4) is 22.5 Å². The van der Waals surface area contributed by atoms with Crippen LogP contribution in [0, 0.1) is 0 Å². The molecule has 1 atom stereocenters. The molecule has 31 heavy (non-hydrogen) atoms. The van der Waals surface area contributed by atoms with Gasteiger partial charge in [0.1, 0.15) is 6.04 Å². The lowest BCUT2D eigenvalue weighted by atomic mass is 9.96. The summed E-state index contributed by atoms with van der Waals surface area (Å²) in [4.78, 5) is 26.1. The molecule has 162 valence electrons. The highest BCUT2D eigenvalue weighted by atomic mass is 16.4. The predicted molar refractivity (Wildman–Crippen MR) is 117 cm³/mol. The number of hydrogen-bond donors (Lipinski definition) is 2. The summed E-state index contributed by atoms with van der Waals surface area (Å²) in [6.45, 7) is 3.99. The fraction of sp³-hybridized carbons (Fsp3) is 0.348. The molecule has 1 amide bonds. The molecule has 2 N–H and O–H groups in total. The van der Waals surface area contributed by atoms with E-state index >= 15 is 0 Å². The maximum absolute atomic E-state index is 12.8. The average Bonchev–Trinajstić information content (AvgIpc) is 3.32. The SMILES string of the molecule is CCCCC(=O)N(Cc1ccc(-c2ccccc2)c(-c2nn[nH]n2)c1)C(CC)C(=O)O. The second-order valence-electron chi connectivity index (χ2n) is 7.37. The third kappa shape index (κ3) is 5.33. The number of hydrogen-bond acceptors (Lipinski definition) is 5. The van der Waals surface area contributed by atoms with Gasteiger partial charge in [-0.2, -0.15) is 5.21 Å². The molecule has 0 fully saturated rings. The van der Waals surface area contributed by atoms with E-state index in [-0.39, 0.29) is 12.5 Å². The summed E-state index contributed by atoms with van der Waals surface area (Å²) in [5.41, 5.74) is 3.51. The van der Waals surface area contributed by atoms with Gasteiger partial charge in [-0.1, -0.05) is 62.7 Å². The summed E-state index contributed by atoms with van der Waals surface area (Å²) in [6, 6.07) is 14.8. The highest BCUT2D eigenvalue weighted by Crippen LogP contribution is 2.31. The number of carbonyl (C=O) groups is 2. The van der Waals surface area contributed by atoms with Crippen molar-refractivity contribution >= 4 is 11.9 Å². The van der Waals surface area contributed by atoms with E-state index in [1.54, 1.807) is 6.92 Å². The van der Waals surface area contributed by atoms with E-state index in [4.69, 9.17) is 0 Å². The van der Waals surface area contributed by atoms with Crippen LogP contribution in [0.3, 0.4) is 0 Å². The summed E-state index contributed by atoms with van der Waals surface area (Å²) < 4.78 is 0. The molecule has 3 rings (SSSR count). The number of nitrogens with zero attached hydrogens (tertiary/aromatic N) is 4. The Hall–Kier alpha value is -3.55. The van der Waals surface area contributed by atoms with Crippen molar-refractivity contribution in [1.82, 2.24) is 25.5 Å². The Morgan fingerprint density at radius 3 is 2.48 bits per heavy atom. The predicted octanol–water partition coefficient (Wildman–Crippen LogP) is 3.92. The number of carbonyl (C=O) groups excluding carboxylic acids is 1. The number of nitrogens with one attached hydrogen (secondary N) is 1. The number of aromatic amines is 1. The molecule has 0 bridgehead atoms. The number of rotatable bonds is 10. The zero-order chi connectivity index (χ0) is 22.2. The molecular weight excluding hydrogens is 394 g/mol. The van der Waals surface area contributed by atoms with E-state index in [1.807, 2.05) is 55.5 Å². The molecule has 0 aliphatic carbocycles. The Balaban J connectivity index is 1.99. The molecule has 0 saturated carbocycles. The molecule has 1 unspecified atom stereocenters. The second-order valence-corrected chi connectivity index (χ2v) is 7.37. The molecule has 2 aromatic carbocycles. The molecule has 0 radical (unpaired) electrons. The lowest BCUT2D eigenvalue weighted by Crippen LogP contribution is -2.44. The Morgan fingerprint density at radius 2 is 1.87 bits per heavy atom. The normalized spacial score (nSPS) is 11.8. The van der Waals surface area contributed by atoms with Crippen LogP contribution in [0.25, 0.3) is 22.5 Å². The number of benzene rings is 2. The minimum atomic E-state index is -0.994. The highest BCUT2D eigenvalue weighted by molar-refractivity contribution is 5.84. The van der Waals surface area contributed by atoms with Crippen LogP contribution in [0.15, 0.2) is 48.5 Å². The topological polar surface area (TPSA) is 112 Å². The summed E-state index contributed by atoms with van der Waals surface area (Å²) in [5, 5.41) is 24.1. The number of carboxylic acid groups (broad SMARTS) is 1. The lowest BCUT2D eigenvalue weighted by molar-refractivity contribution is -0.151. The molecule has 0 spiro atoms.